The first-order valence-corrected chi connectivity index (χ1v) is 5.65. The summed E-state index contributed by atoms with van der Waals surface area (Å²) in [4.78, 5) is 0. The van der Waals surface area contributed by atoms with Gasteiger partial charge < -0.3 is 5.32 Å². The maximum atomic E-state index is 5.31. The van der Waals surface area contributed by atoms with E-state index in [4.69, 9.17) is 6.42 Å². The van der Waals surface area contributed by atoms with Crippen LogP contribution in [0.4, 0.5) is 0 Å². The monoisotopic (exact) mass is 183 g/mol. The molecule has 0 aromatic carbocycles. The van der Waals surface area contributed by atoms with Gasteiger partial charge in [0.2, 0.25) is 0 Å². The Morgan fingerprint density at radius 2 is 2.50 bits per heavy atom. The summed E-state index contributed by atoms with van der Waals surface area (Å²) in [6, 6.07) is 0.528. The number of hydrogen-bond acceptors (Lipinski definition) is 2. The Labute approximate surface area is 79.7 Å². The summed E-state index contributed by atoms with van der Waals surface area (Å²) < 4.78 is 0. The summed E-state index contributed by atoms with van der Waals surface area (Å²) in [5.41, 5.74) is 0. The molecule has 2 heteroatoms. The molecule has 1 aliphatic rings. The highest BCUT2D eigenvalue weighted by Crippen LogP contribution is 2.28. The number of hydrogen-bond donors (Lipinski definition) is 1. The van der Waals surface area contributed by atoms with Gasteiger partial charge in [0.25, 0.3) is 0 Å². The van der Waals surface area contributed by atoms with Crippen molar-refractivity contribution in [1.29, 1.82) is 0 Å². The molecule has 1 rings (SSSR count). The summed E-state index contributed by atoms with van der Waals surface area (Å²) >= 11 is 2.08. The zero-order valence-corrected chi connectivity index (χ0v) is 8.49. The second kappa shape index (κ2) is 5.50. The van der Waals surface area contributed by atoms with Crippen molar-refractivity contribution in [3.63, 3.8) is 0 Å². The summed E-state index contributed by atoms with van der Waals surface area (Å²) in [5.74, 6) is 4.05. The van der Waals surface area contributed by atoms with E-state index in [0.717, 1.165) is 11.7 Å². The van der Waals surface area contributed by atoms with Gasteiger partial charge in [0.05, 0.1) is 0 Å². The first-order valence-electron chi connectivity index (χ1n) is 4.61. The predicted octanol–water partition coefficient (Wildman–Crippen LogP) is 1.88. The van der Waals surface area contributed by atoms with Crippen LogP contribution in [0.5, 0.6) is 0 Å². The van der Waals surface area contributed by atoms with Gasteiger partial charge in [-0.25, -0.2) is 0 Å². The fourth-order valence-electron chi connectivity index (χ4n) is 1.63. The molecule has 0 radical (unpaired) electrons. The van der Waals surface area contributed by atoms with Gasteiger partial charge in [-0.05, 0) is 25.6 Å². The Morgan fingerprint density at radius 1 is 1.67 bits per heavy atom. The highest BCUT2D eigenvalue weighted by molar-refractivity contribution is 8.00. The van der Waals surface area contributed by atoms with Crippen LogP contribution in [-0.2, 0) is 0 Å². The number of nitrogens with one attached hydrogen (secondary N) is 1. The summed E-state index contributed by atoms with van der Waals surface area (Å²) in [5, 5.41) is 4.06. The molecule has 1 N–H and O–H groups in total. The molecular weight excluding hydrogens is 166 g/mol. The lowest BCUT2D eigenvalue weighted by atomic mass is 10.0. The molecule has 0 bridgehead atoms. The standard InChI is InChI=1S/C10H17NS/c1-3-6-9(11-2)10-7-4-5-8-12-10/h1,9-11H,4-8H2,2H3. The maximum absolute atomic E-state index is 5.31. The third-order valence-electron chi connectivity index (χ3n) is 2.37. The van der Waals surface area contributed by atoms with Crippen molar-refractivity contribution in [2.45, 2.75) is 37.0 Å². The molecule has 68 valence electrons. The molecule has 0 saturated carbocycles. The molecule has 1 nitrogen and oxygen atoms in total. The topological polar surface area (TPSA) is 12.0 Å². The quantitative estimate of drug-likeness (QED) is 0.671. The maximum Gasteiger partial charge on any atom is 0.0292 e. The average Bonchev–Trinajstić information content (AvgIpc) is 2.15. The number of rotatable bonds is 3. The van der Waals surface area contributed by atoms with Crippen LogP contribution in [0.2, 0.25) is 0 Å². The Bertz CT molecular complexity index is 156. The molecule has 1 fully saturated rings. The van der Waals surface area contributed by atoms with Gasteiger partial charge in [0.1, 0.15) is 0 Å². The van der Waals surface area contributed by atoms with Crippen molar-refractivity contribution in [3.8, 4) is 12.3 Å². The minimum Gasteiger partial charge on any atom is -0.315 e. The van der Waals surface area contributed by atoms with E-state index < -0.39 is 0 Å². The molecule has 0 amide bonds. The van der Waals surface area contributed by atoms with E-state index in [2.05, 4.69) is 23.0 Å². The zero-order chi connectivity index (χ0) is 8.81. The van der Waals surface area contributed by atoms with Crippen LogP contribution >= 0.6 is 11.8 Å². The third kappa shape index (κ3) is 2.73. The molecule has 1 heterocycles. The van der Waals surface area contributed by atoms with E-state index in [1.54, 1.807) is 0 Å². The van der Waals surface area contributed by atoms with E-state index in [-0.39, 0.29) is 0 Å². The van der Waals surface area contributed by atoms with Gasteiger partial charge in [-0.2, -0.15) is 11.8 Å². The largest absolute Gasteiger partial charge is 0.315 e. The van der Waals surface area contributed by atoms with Crippen LogP contribution in [0, 0.1) is 12.3 Å². The van der Waals surface area contributed by atoms with Crippen LogP contribution in [0.1, 0.15) is 25.7 Å². The normalized spacial score (nSPS) is 26.2. The van der Waals surface area contributed by atoms with Crippen molar-refractivity contribution in [3.05, 3.63) is 0 Å². The minimum absolute atomic E-state index is 0.528. The molecule has 1 aliphatic heterocycles. The second-order valence-corrected chi connectivity index (χ2v) is 4.56. The molecule has 0 aromatic rings. The molecule has 0 aliphatic carbocycles. The molecular formula is C10H17NS. The van der Waals surface area contributed by atoms with Crippen molar-refractivity contribution >= 4 is 11.8 Å². The van der Waals surface area contributed by atoms with E-state index in [1.165, 1.54) is 25.0 Å². The van der Waals surface area contributed by atoms with Crippen LogP contribution < -0.4 is 5.32 Å². The van der Waals surface area contributed by atoms with Crippen LogP contribution in [0.3, 0.4) is 0 Å². The lowest BCUT2D eigenvalue weighted by molar-refractivity contribution is 0.506. The summed E-state index contributed by atoms with van der Waals surface area (Å²) in [7, 11) is 2.01. The van der Waals surface area contributed by atoms with Gasteiger partial charge in [0.15, 0.2) is 0 Å². The Morgan fingerprint density at radius 3 is 3.00 bits per heavy atom. The van der Waals surface area contributed by atoms with Crippen molar-refractivity contribution in [1.82, 2.24) is 5.32 Å². The first kappa shape index (κ1) is 9.95. The summed E-state index contributed by atoms with van der Waals surface area (Å²) in [6.07, 6.45) is 10.3. The molecule has 2 atom stereocenters. The van der Waals surface area contributed by atoms with Crippen LogP contribution in [0.25, 0.3) is 0 Å². The Balaban J connectivity index is 2.36. The van der Waals surface area contributed by atoms with Crippen molar-refractivity contribution in [2.24, 2.45) is 0 Å². The molecule has 1 saturated heterocycles. The van der Waals surface area contributed by atoms with E-state index in [9.17, 15) is 0 Å². The second-order valence-electron chi connectivity index (χ2n) is 3.21. The molecule has 0 aromatic heterocycles. The van der Waals surface area contributed by atoms with Crippen LogP contribution in [0.15, 0.2) is 0 Å². The SMILES string of the molecule is C#CCC(NC)C1CCCCS1. The smallest absolute Gasteiger partial charge is 0.0292 e. The highest BCUT2D eigenvalue weighted by atomic mass is 32.2. The molecule has 2 unspecified atom stereocenters. The molecule has 12 heavy (non-hydrogen) atoms. The third-order valence-corrected chi connectivity index (χ3v) is 3.89. The van der Waals surface area contributed by atoms with E-state index in [0.29, 0.717) is 6.04 Å². The van der Waals surface area contributed by atoms with E-state index >= 15 is 0 Å². The summed E-state index contributed by atoms with van der Waals surface area (Å²) in [6.45, 7) is 0. The molecule has 0 spiro atoms. The van der Waals surface area contributed by atoms with Crippen molar-refractivity contribution < 1.29 is 0 Å². The van der Waals surface area contributed by atoms with E-state index in [1.807, 2.05) is 7.05 Å². The minimum atomic E-state index is 0.528. The first-order chi connectivity index (χ1) is 5.88. The zero-order valence-electron chi connectivity index (χ0n) is 7.68. The van der Waals surface area contributed by atoms with Gasteiger partial charge in [-0.1, -0.05) is 6.42 Å². The number of terminal acetylenes is 1. The van der Waals surface area contributed by atoms with Gasteiger partial charge in [0, 0.05) is 17.7 Å². The van der Waals surface area contributed by atoms with Gasteiger partial charge >= 0.3 is 0 Å². The lowest BCUT2D eigenvalue weighted by Crippen LogP contribution is -2.36. The lowest BCUT2D eigenvalue weighted by Gasteiger charge is -2.28. The van der Waals surface area contributed by atoms with Crippen LogP contribution in [-0.4, -0.2) is 24.1 Å². The Kier molecular flexibility index (Phi) is 4.57. The highest BCUT2D eigenvalue weighted by Gasteiger charge is 2.21. The predicted molar refractivity (Wildman–Crippen MR) is 56.4 cm³/mol. The van der Waals surface area contributed by atoms with Gasteiger partial charge in [-0.3, -0.25) is 0 Å². The van der Waals surface area contributed by atoms with Gasteiger partial charge in [-0.15, -0.1) is 12.3 Å². The fourth-order valence-corrected chi connectivity index (χ4v) is 3.10. The Hall–Kier alpha value is -0.130. The van der Waals surface area contributed by atoms with Crippen molar-refractivity contribution in [2.75, 3.05) is 12.8 Å². The fraction of sp³-hybridized carbons (Fsp3) is 0.800. The number of thioether (sulfide) groups is 1. The average molecular weight is 183 g/mol.